The van der Waals surface area contributed by atoms with Gasteiger partial charge in [-0.3, -0.25) is 4.79 Å². The van der Waals surface area contributed by atoms with Gasteiger partial charge >= 0.3 is 0 Å². The number of carbonyl (C=O) groups excluding carboxylic acids is 1. The SMILES string of the molecule is O=C(c1cc(Br)ccc1Cl)N1C2CCC1CC(O)C2. The van der Waals surface area contributed by atoms with Gasteiger partial charge in [-0.15, -0.1) is 0 Å². The zero-order valence-corrected chi connectivity index (χ0v) is 12.7. The van der Waals surface area contributed by atoms with E-state index in [1.165, 1.54) is 0 Å². The number of benzene rings is 1. The van der Waals surface area contributed by atoms with Crippen molar-refractivity contribution in [2.24, 2.45) is 0 Å². The number of nitrogens with zero attached hydrogens (tertiary/aromatic N) is 1. The first-order valence-corrected chi connectivity index (χ1v) is 7.69. The largest absolute Gasteiger partial charge is 0.393 e. The van der Waals surface area contributed by atoms with Crippen LogP contribution in [0.1, 0.15) is 36.0 Å². The highest BCUT2D eigenvalue weighted by molar-refractivity contribution is 9.10. The minimum Gasteiger partial charge on any atom is -0.393 e. The molecule has 5 heteroatoms. The first kappa shape index (κ1) is 13.4. The molecule has 0 radical (unpaired) electrons. The van der Waals surface area contributed by atoms with E-state index in [1.807, 2.05) is 11.0 Å². The fourth-order valence-corrected chi connectivity index (χ4v) is 3.84. The Morgan fingerprint density at radius 1 is 1.32 bits per heavy atom. The number of fused-ring (bicyclic) bond motifs is 2. The topological polar surface area (TPSA) is 40.5 Å². The highest BCUT2D eigenvalue weighted by atomic mass is 79.9. The van der Waals surface area contributed by atoms with Crippen molar-refractivity contribution in [2.45, 2.75) is 43.9 Å². The van der Waals surface area contributed by atoms with E-state index in [0.29, 0.717) is 23.4 Å². The van der Waals surface area contributed by atoms with Gasteiger partial charge in [0, 0.05) is 16.6 Å². The second kappa shape index (κ2) is 5.08. The minimum atomic E-state index is -0.264. The molecule has 2 fully saturated rings. The maximum Gasteiger partial charge on any atom is 0.255 e. The van der Waals surface area contributed by atoms with Gasteiger partial charge in [-0.05, 0) is 43.9 Å². The number of hydrogen-bond donors (Lipinski definition) is 1. The third kappa shape index (κ3) is 2.41. The molecule has 1 N–H and O–H groups in total. The van der Waals surface area contributed by atoms with Gasteiger partial charge in [0.1, 0.15) is 0 Å². The van der Waals surface area contributed by atoms with Crippen molar-refractivity contribution >= 4 is 33.4 Å². The molecule has 3 rings (SSSR count). The summed E-state index contributed by atoms with van der Waals surface area (Å²) in [7, 11) is 0. The number of aliphatic hydroxyl groups excluding tert-OH is 1. The third-order valence-electron chi connectivity index (χ3n) is 4.10. The van der Waals surface area contributed by atoms with Crippen molar-refractivity contribution in [3.63, 3.8) is 0 Å². The summed E-state index contributed by atoms with van der Waals surface area (Å²) in [6, 6.07) is 5.66. The first-order chi connectivity index (χ1) is 9.06. The first-order valence-electron chi connectivity index (χ1n) is 6.52. The van der Waals surface area contributed by atoms with E-state index in [1.54, 1.807) is 12.1 Å². The molecule has 2 saturated heterocycles. The van der Waals surface area contributed by atoms with Crippen molar-refractivity contribution in [3.05, 3.63) is 33.3 Å². The average molecular weight is 345 g/mol. The van der Waals surface area contributed by atoms with Crippen LogP contribution in [0.15, 0.2) is 22.7 Å². The number of hydrogen-bond acceptors (Lipinski definition) is 2. The molecule has 1 aromatic rings. The molecule has 2 aliphatic rings. The minimum absolute atomic E-state index is 0.00861. The van der Waals surface area contributed by atoms with E-state index in [4.69, 9.17) is 11.6 Å². The van der Waals surface area contributed by atoms with Gasteiger partial charge in [0.15, 0.2) is 0 Å². The van der Waals surface area contributed by atoms with Crippen LogP contribution < -0.4 is 0 Å². The zero-order chi connectivity index (χ0) is 13.6. The molecule has 2 heterocycles. The van der Waals surface area contributed by atoms with E-state index in [-0.39, 0.29) is 24.1 Å². The van der Waals surface area contributed by atoms with Crippen molar-refractivity contribution in [3.8, 4) is 0 Å². The molecule has 0 spiro atoms. The summed E-state index contributed by atoms with van der Waals surface area (Å²) in [5.74, 6) is -0.00861. The Labute approximate surface area is 125 Å². The van der Waals surface area contributed by atoms with Crippen molar-refractivity contribution in [2.75, 3.05) is 0 Å². The number of rotatable bonds is 1. The highest BCUT2D eigenvalue weighted by Gasteiger charge is 2.43. The number of aliphatic hydroxyl groups is 1. The van der Waals surface area contributed by atoms with E-state index >= 15 is 0 Å². The van der Waals surface area contributed by atoms with Crippen molar-refractivity contribution in [1.29, 1.82) is 0 Å². The molecule has 2 unspecified atom stereocenters. The Hall–Kier alpha value is -0.580. The quantitative estimate of drug-likeness (QED) is 0.850. The molecule has 0 aromatic heterocycles. The monoisotopic (exact) mass is 343 g/mol. The summed E-state index contributed by atoms with van der Waals surface area (Å²) in [6.07, 6.45) is 3.08. The molecule has 1 amide bonds. The molecule has 2 aliphatic heterocycles. The Morgan fingerprint density at radius 3 is 2.58 bits per heavy atom. The molecule has 0 aliphatic carbocycles. The van der Waals surface area contributed by atoms with E-state index in [9.17, 15) is 9.90 Å². The molecule has 19 heavy (non-hydrogen) atoms. The molecule has 2 atom stereocenters. The lowest BCUT2D eigenvalue weighted by atomic mass is 9.99. The molecule has 1 aromatic carbocycles. The highest BCUT2D eigenvalue weighted by Crippen LogP contribution is 2.37. The Balaban J connectivity index is 1.90. The van der Waals surface area contributed by atoms with Crippen LogP contribution in [-0.4, -0.2) is 34.1 Å². The van der Waals surface area contributed by atoms with Crippen molar-refractivity contribution < 1.29 is 9.90 Å². The summed E-state index contributed by atoms with van der Waals surface area (Å²) in [6.45, 7) is 0. The molecular formula is C14H15BrClNO2. The molecule has 3 nitrogen and oxygen atoms in total. The summed E-state index contributed by atoms with van der Waals surface area (Å²) in [5.41, 5.74) is 0.546. The van der Waals surface area contributed by atoms with Gasteiger partial charge in [0.05, 0.1) is 16.7 Å². The van der Waals surface area contributed by atoms with Crippen LogP contribution >= 0.6 is 27.5 Å². The van der Waals surface area contributed by atoms with Crippen LogP contribution in [0.3, 0.4) is 0 Å². The standard InChI is InChI=1S/C14H15BrClNO2/c15-8-1-4-13(16)12(5-8)14(19)17-9-2-3-10(17)7-11(18)6-9/h1,4-5,9-11,18H,2-3,6-7H2. The van der Waals surface area contributed by atoms with Gasteiger partial charge in [-0.25, -0.2) is 0 Å². The predicted octanol–water partition coefficient (Wildman–Crippen LogP) is 3.23. The number of halogens is 2. The molecule has 2 bridgehead atoms. The number of carbonyl (C=O) groups is 1. The summed E-state index contributed by atoms with van der Waals surface area (Å²) in [5, 5.41) is 10.3. The van der Waals surface area contributed by atoms with Crippen LogP contribution in [0.4, 0.5) is 0 Å². The Morgan fingerprint density at radius 2 is 1.95 bits per heavy atom. The second-order valence-electron chi connectivity index (χ2n) is 5.35. The van der Waals surface area contributed by atoms with E-state index in [0.717, 1.165) is 17.3 Å². The zero-order valence-electron chi connectivity index (χ0n) is 10.4. The molecule has 102 valence electrons. The lowest BCUT2D eigenvalue weighted by Crippen LogP contribution is -2.48. The van der Waals surface area contributed by atoms with Crippen LogP contribution in [0.5, 0.6) is 0 Å². The van der Waals surface area contributed by atoms with Crippen LogP contribution in [0.2, 0.25) is 5.02 Å². The van der Waals surface area contributed by atoms with Gasteiger partial charge in [-0.1, -0.05) is 27.5 Å². The number of amides is 1. The van der Waals surface area contributed by atoms with Gasteiger partial charge in [0.2, 0.25) is 0 Å². The molecule has 0 saturated carbocycles. The lowest BCUT2D eigenvalue weighted by molar-refractivity contribution is 0.0287. The van der Waals surface area contributed by atoms with Gasteiger partial charge in [0.25, 0.3) is 5.91 Å². The van der Waals surface area contributed by atoms with E-state index < -0.39 is 0 Å². The maximum atomic E-state index is 12.7. The second-order valence-corrected chi connectivity index (χ2v) is 6.67. The number of piperidine rings is 1. The third-order valence-corrected chi connectivity index (χ3v) is 4.92. The fourth-order valence-electron chi connectivity index (χ4n) is 3.28. The van der Waals surface area contributed by atoms with Gasteiger partial charge < -0.3 is 10.0 Å². The summed E-state index contributed by atoms with van der Waals surface area (Å²) >= 11 is 9.51. The summed E-state index contributed by atoms with van der Waals surface area (Å²) < 4.78 is 0.852. The Kier molecular flexibility index (Phi) is 3.58. The van der Waals surface area contributed by atoms with Gasteiger partial charge in [-0.2, -0.15) is 0 Å². The predicted molar refractivity (Wildman–Crippen MR) is 77.4 cm³/mol. The lowest BCUT2D eigenvalue weighted by Gasteiger charge is -2.37. The maximum absolute atomic E-state index is 12.7. The molecular weight excluding hydrogens is 330 g/mol. The fraction of sp³-hybridized carbons (Fsp3) is 0.500. The van der Waals surface area contributed by atoms with Crippen molar-refractivity contribution in [1.82, 2.24) is 4.90 Å². The van der Waals surface area contributed by atoms with Crippen LogP contribution in [-0.2, 0) is 0 Å². The van der Waals surface area contributed by atoms with Crippen LogP contribution in [0.25, 0.3) is 0 Å². The van der Waals surface area contributed by atoms with E-state index in [2.05, 4.69) is 15.9 Å². The Bertz CT molecular complexity index is 508. The smallest absolute Gasteiger partial charge is 0.255 e. The normalized spacial score (nSPS) is 29.6. The summed E-state index contributed by atoms with van der Waals surface area (Å²) in [4.78, 5) is 14.6. The van der Waals surface area contributed by atoms with Crippen LogP contribution in [0, 0.1) is 0 Å². The average Bonchev–Trinajstić information content (AvgIpc) is 2.64.